The summed E-state index contributed by atoms with van der Waals surface area (Å²) in [5.41, 5.74) is -3.50. The van der Waals surface area contributed by atoms with Gasteiger partial charge in [0.2, 0.25) is 0 Å². The van der Waals surface area contributed by atoms with Crippen LogP contribution in [0, 0.1) is 0 Å². The molecule has 0 fully saturated rings. The molecule has 0 saturated heterocycles. The highest BCUT2D eigenvalue weighted by atomic mass is 28.4. The molecule has 1 aromatic rings. The average molecular weight is 342 g/mol. The van der Waals surface area contributed by atoms with Gasteiger partial charge in [-0.25, -0.2) is 0 Å². The first-order valence-electron chi connectivity index (χ1n) is 6.36. The predicted octanol–water partition coefficient (Wildman–Crippen LogP) is 5.41. The number of benzene rings is 1. The fraction of sp³-hybridized carbons (Fsp3) is 0.429. The third-order valence-electron chi connectivity index (χ3n) is 2.60. The van der Waals surface area contributed by atoms with Crippen LogP contribution in [0.2, 0.25) is 19.6 Å². The molecule has 0 bridgehead atoms. The Labute approximate surface area is 125 Å². The summed E-state index contributed by atoms with van der Waals surface area (Å²) >= 11 is 0. The van der Waals surface area contributed by atoms with Gasteiger partial charge >= 0.3 is 12.4 Å². The smallest absolute Gasteiger partial charge is 0.397 e. The van der Waals surface area contributed by atoms with Crippen molar-refractivity contribution in [2.45, 2.75) is 37.6 Å². The number of hydrogen-bond donors (Lipinski definition) is 0. The lowest BCUT2D eigenvalue weighted by Crippen LogP contribution is -2.49. The second-order valence-corrected chi connectivity index (χ2v) is 10.1. The minimum absolute atomic E-state index is 0.0561. The summed E-state index contributed by atoms with van der Waals surface area (Å²) in [5, 5.41) is 0. The Balaban J connectivity index is 3.55. The lowest BCUT2D eigenvalue weighted by atomic mass is 9.92. The maximum absolute atomic E-state index is 13.6. The molecule has 0 radical (unpaired) electrons. The van der Waals surface area contributed by atoms with E-state index in [9.17, 15) is 26.3 Å². The minimum Gasteiger partial charge on any atom is -0.397 e. The Bertz CT molecular complexity index is 515. The molecule has 1 unspecified atom stereocenters. The van der Waals surface area contributed by atoms with Crippen molar-refractivity contribution < 1.29 is 30.8 Å². The van der Waals surface area contributed by atoms with Crippen molar-refractivity contribution >= 4 is 8.32 Å². The van der Waals surface area contributed by atoms with E-state index in [1.54, 1.807) is 0 Å². The predicted molar refractivity (Wildman–Crippen MR) is 73.8 cm³/mol. The van der Waals surface area contributed by atoms with Crippen LogP contribution in [0.4, 0.5) is 26.3 Å². The van der Waals surface area contributed by atoms with Crippen LogP contribution in [0.5, 0.6) is 0 Å². The fourth-order valence-corrected chi connectivity index (χ4v) is 3.15. The quantitative estimate of drug-likeness (QED) is 0.404. The van der Waals surface area contributed by atoms with E-state index in [1.165, 1.54) is 37.8 Å². The molecule has 8 heteroatoms. The van der Waals surface area contributed by atoms with Crippen molar-refractivity contribution in [3.8, 4) is 0 Å². The summed E-state index contributed by atoms with van der Waals surface area (Å²) in [6.45, 7) is 4.45. The number of allylic oxidation sites excluding steroid dienone is 1. The molecule has 0 heterocycles. The Morgan fingerprint density at radius 3 is 1.73 bits per heavy atom. The van der Waals surface area contributed by atoms with Gasteiger partial charge in [0.25, 0.3) is 0 Å². The lowest BCUT2D eigenvalue weighted by Gasteiger charge is -2.38. The van der Waals surface area contributed by atoms with Crippen LogP contribution >= 0.6 is 0 Å². The molecule has 1 aromatic carbocycles. The van der Waals surface area contributed by atoms with Gasteiger partial charge in [0.15, 0.2) is 13.9 Å². The van der Waals surface area contributed by atoms with Crippen molar-refractivity contribution in [3.05, 3.63) is 48.0 Å². The molecule has 0 aliphatic rings. The Morgan fingerprint density at radius 1 is 0.864 bits per heavy atom. The highest BCUT2D eigenvalue weighted by Crippen LogP contribution is 2.45. The standard InChI is InChI=1S/C14H16F6OSi/c1-22(2,3)21-12(14(18,19)20,9-10-13(15,16)17)11-7-5-4-6-8-11/h4-10H,1-3H3/b10-9+. The Kier molecular flexibility index (Phi) is 5.18. The third-order valence-corrected chi connectivity index (χ3v) is 3.53. The second kappa shape index (κ2) is 6.08. The van der Waals surface area contributed by atoms with Crippen LogP contribution in [0.15, 0.2) is 42.5 Å². The summed E-state index contributed by atoms with van der Waals surface area (Å²) in [5.74, 6) is 0. The van der Waals surface area contributed by atoms with Crippen LogP contribution in [0.1, 0.15) is 5.56 Å². The van der Waals surface area contributed by atoms with E-state index < -0.39 is 32.3 Å². The Morgan fingerprint density at radius 2 is 1.36 bits per heavy atom. The number of rotatable bonds is 4. The van der Waals surface area contributed by atoms with Gasteiger partial charge in [-0.2, -0.15) is 26.3 Å². The fourth-order valence-electron chi connectivity index (χ4n) is 1.89. The summed E-state index contributed by atoms with van der Waals surface area (Å²) in [4.78, 5) is 0. The molecule has 22 heavy (non-hydrogen) atoms. The number of halogens is 6. The van der Waals surface area contributed by atoms with Gasteiger partial charge in [-0.15, -0.1) is 0 Å². The average Bonchev–Trinajstić information content (AvgIpc) is 2.31. The van der Waals surface area contributed by atoms with Gasteiger partial charge in [0.05, 0.1) is 0 Å². The Hall–Kier alpha value is -1.28. The normalized spacial score (nSPS) is 16.8. The molecule has 1 rings (SSSR count). The summed E-state index contributed by atoms with van der Waals surface area (Å²) < 4.78 is 83.4. The molecule has 0 aromatic heterocycles. The summed E-state index contributed by atoms with van der Waals surface area (Å²) in [7, 11) is -2.82. The molecular formula is C14H16F6OSi. The zero-order chi connectivity index (χ0) is 17.2. The molecule has 124 valence electrons. The zero-order valence-electron chi connectivity index (χ0n) is 12.2. The molecule has 1 atom stereocenters. The SMILES string of the molecule is C[Si](C)(C)OC(/C=C/C(F)(F)F)(c1ccccc1)C(F)(F)F. The molecular weight excluding hydrogens is 326 g/mol. The molecule has 0 amide bonds. The largest absolute Gasteiger partial charge is 0.424 e. The number of hydrogen-bond acceptors (Lipinski definition) is 1. The van der Waals surface area contributed by atoms with Crippen molar-refractivity contribution in [2.24, 2.45) is 0 Å². The van der Waals surface area contributed by atoms with Gasteiger partial charge in [-0.3, -0.25) is 0 Å². The first kappa shape index (κ1) is 18.8. The zero-order valence-corrected chi connectivity index (χ0v) is 13.2. The molecule has 0 aliphatic heterocycles. The van der Waals surface area contributed by atoms with Crippen LogP contribution < -0.4 is 0 Å². The van der Waals surface area contributed by atoms with Gasteiger partial charge in [0.1, 0.15) is 0 Å². The second-order valence-electron chi connectivity index (χ2n) is 5.69. The molecule has 1 nitrogen and oxygen atoms in total. The highest BCUT2D eigenvalue weighted by molar-refractivity contribution is 6.69. The topological polar surface area (TPSA) is 9.23 Å². The first-order valence-corrected chi connectivity index (χ1v) is 9.77. The van der Waals surface area contributed by atoms with E-state index in [2.05, 4.69) is 0 Å². The van der Waals surface area contributed by atoms with Crippen LogP contribution in [0.25, 0.3) is 0 Å². The molecule has 0 spiro atoms. The van der Waals surface area contributed by atoms with E-state index in [0.29, 0.717) is 0 Å². The first-order chi connectivity index (χ1) is 9.77. The van der Waals surface area contributed by atoms with Crippen LogP contribution in [-0.2, 0) is 10.0 Å². The lowest BCUT2D eigenvalue weighted by molar-refractivity contribution is -0.238. The van der Waals surface area contributed by atoms with Crippen molar-refractivity contribution in [3.63, 3.8) is 0 Å². The third kappa shape index (κ3) is 4.87. The van der Waals surface area contributed by atoms with E-state index in [4.69, 9.17) is 4.43 Å². The maximum atomic E-state index is 13.6. The number of alkyl halides is 6. The molecule has 0 aliphatic carbocycles. The highest BCUT2D eigenvalue weighted by Gasteiger charge is 2.57. The van der Waals surface area contributed by atoms with E-state index in [-0.39, 0.29) is 11.6 Å². The monoisotopic (exact) mass is 342 g/mol. The molecule has 0 N–H and O–H groups in total. The van der Waals surface area contributed by atoms with Crippen molar-refractivity contribution in [1.29, 1.82) is 0 Å². The van der Waals surface area contributed by atoms with Crippen LogP contribution in [-0.4, -0.2) is 20.7 Å². The van der Waals surface area contributed by atoms with E-state index in [1.807, 2.05) is 0 Å². The maximum Gasteiger partial charge on any atom is 0.424 e. The van der Waals surface area contributed by atoms with Gasteiger partial charge in [-0.05, 0) is 31.3 Å². The van der Waals surface area contributed by atoms with Crippen molar-refractivity contribution in [2.75, 3.05) is 0 Å². The van der Waals surface area contributed by atoms with Crippen LogP contribution in [0.3, 0.4) is 0 Å². The van der Waals surface area contributed by atoms with Crippen molar-refractivity contribution in [1.82, 2.24) is 0 Å². The minimum atomic E-state index is -5.03. The molecule has 0 saturated carbocycles. The summed E-state index contributed by atoms with van der Waals surface area (Å²) in [6, 6.07) is 6.34. The van der Waals surface area contributed by atoms with E-state index in [0.717, 1.165) is 12.1 Å². The summed E-state index contributed by atoms with van der Waals surface area (Å²) in [6.07, 6.45) is -10.3. The van der Waals surface area contributed by atoms with Gasteiger partial charge in [0, 0.05) is 6.08 Å². The van der Waals surface area contributed by atoms with Gasteiger partial charge in [-0.1, -0.05) is 30.3 Å². The van der Waals surface area contributed by atoms with E-state index >= 15 is 0 Å². The van der Waals surface area contributed by atoms with Gasteiger partial charge < -0.3 is 4.43 Å².